The highest BCUT2D eigenvalue weighted by molar-refractivity contribution is 5.90. The molecule has 3 N–H and O–H groups in total. The molecule has 9 atom stereocenters. The summed E-state index contributed by atoms with van der Waals surface area (Å²) in [6.45, 7) is 21.4. The largest absolute Gasteiger partial charge is 0.444 e. The molecule has 1 aliphatic rings. The fourth-order valence-corrected chi connectivity index (χ4v) is 8.52. The molecule has 15 heteroatoms. The van der Waals surface area contributed by atoms with Gasteiger partial charge in [0.25, 0.3) is 0 Å². The van der Waals surface area contributed by atoms with Gasteiger partial charge < -0.3 is 34.6 Å². The minimum Gasteiger partial charge on any atom is -0.444 e. The molecule has 1 heterocycles. The zero-order chi connectivity index (χ0) is 47.2. The number of carbonyl (C=O) groups is 6. The molecule has 0 unspecified atom stereocenters. The SMILES string of the molecule is CC[C@H](C)[C@@H]([C@@H](CC(=O)N1CCC[C@H]1[C@H](OC)[C@@H](C)C(=O)C[C@@H](C)C(=O)NCc1ccc(NC(=O)OC(C)(C)C)cc1)OC)N(C)C(=O)[C@@H](NC(=O)[C@H](C(C)C)N(C)C)C(C)C. The van der Waals surface area contributed by atoms with Gasteiger partial charge in [0.1, 0.15) is 17.4 Å². The molecule has 0 spiro atoms. The second-order valence-corrected chi connectivity index (χ2v) is 19.1. The Morgan fingerprint density at radius 3 is 1.97 bits per heavy atom. The van der Waals surface area contributed by atoms with Crippen molar-refractivity contribution in [1.29, 1.82) is 0 Å². The first-order valence-electron chi connectivity index (χ1n) is 22.4. The third-order valence-corrected chi connectivity index (χ3v) is 12.1. The van der Waals surface area contributed by atoms with Crippen LogP contribution >= 0.6 is 0 Å². The lowest BCUT2D eigenvalue weighted by Crippen LogP contribution is -2.59. The van der Waals surface area contributed by atoms with E-state index < -0.39 is 53.9 Å². The Bertz CT molecular complexity index is 1620. The van der Waals surface area contributed by atoms with Gasteiger partial charge in [0.2, 0.25) is 23.6 Å². The van der Waals surface area contributed by atoms with E-state index in [9.17, 15) is 28.8 Å². The maximum Gasteiger partial charge on any atom is 0.412 e. The number of benzene rings is 1. The normalized spacial score (nSPS) is 18.3. The molecule has 0 aromatic heterocycles. The van der Waals surface area contributed by atoms with Crippen molar-refractivity contribution in [3.8, 4) is 0 Å². The van der Waals surface area contributed by atoms with E-state index in [-0.39, 0.29) is 72.6 Å². The first kappa shape index (κ1) is 54.1. The van der Waals surface area contributed by atoms with Crippen molar-refractivity contribution in [2.24, 2.45) is 29.6 Å². The van der Waals surface area contributed by atoms with Crippen LogP contribution in [0.25, 0.3) is 0 Å². The summed E-state index contributed by atoms with van der Waals surface area (Å²) in [7, 11) is 8.52. The summed E-state index contributed by atoms with van der Waals surface area (Å²) < 4.78 is 17.3. The number of likely N-dealkylation sites (N-methyl/N-ethyl adjacent to an activating group) is 2. The minimum atomic E-state index is -0.777. The summed E-state index contributed by atoms with van der Waals surface area (Å²) in [4.78, 5) is 86.2. The maximum absolute atomic E-state index is 14.3. The summed E-state index contributed by atoms with van der Waals surface area (Å²) in [6.07, 6.45) is 0.313. The third kappa shape index (κ3) is 15.6. The zero-order valence-electron chi connectivity index (χ0n) is 40.6. The molecule has 1 fully saturated rings. The summed E-state index contributed by atoms with van der Waals surface area (Å²) in [5.41, 5.74) is 0.757. The van der Waals surface area contributed by atoms with Crippen LogP contribution in [-0.4, -0.2) is 134 Å². The number of anilines is 1. The van der Waals surface area contributed by atoms with Crippen LogP contribution in [0.2, 0.25) is 0 Å². The lowest BCUT2D eigenvalue weighted by Gasteiger charge is -2.41. The van der Waals surface area contributed by atoms with E-state index in [1.165, 1.54) is 0 Å². The number of nitrogens with zero attached hydrogens (tertiary/aromatic N) is 3. The molecule has 5 amide bonds. The molecule has 0 bridgehead atoms. The summed E-state index contributed by atoms with van der Waals surface area (Å²) >= 11 is 0. The summed E-state index contributed by atoms with van der Waals surface area (Å²) in [5.74, 6) is -2.42. The van der Waals surface area contributed by atoms with Gasteiger partial charge in [0.15, 0.2) is 0 Å². The first-order chi connectivity index (χ1) is 28.9. The van der Waals surface area contributed by atoms with Crippen molar-refractivity contribution in [1.82, 2.24) is 25.3 Å². The molecule has 1 aliphatic heterocycles. The smallest absolute Gasteiger partial charge is 0.412 e. The fourth-order valence-electron chi connectivity index (χ4n) is 8.52. The number of rotatable bonds is 23. The van der Waals surface area contributed by atoms with Gasteiger partial charge >= 0.3 is 6.09 Å². The monoisotopic (exact) mass is 873 g/mol. The van der Waals surface area contributed by atoms with Gasteiger partial charge in [-0.25, -0.2) is 4.79 Å². The molecule has 1 aromatic rings. The zero-order valence-corrected chi connectivity index (χ0v) is 40.6. The topological polar surface area (TPSA) is 176 Å². The van der Waals surface area contributed by atoms with Crippen molar-refractivity contribution < 1.29 is 43.0 Å². The molecule has 2 rings (SSSR count). The number of carbonyl (C=O) groups excluding carboxylic acids is 6. The van der Waals surface area contributed by atoms with Crippen molar-refractivity contribution in [3.63, 3.8) is 0 Å². The van der Waals surface area contributed by atoms with Crippen LogP contribution in [0, 0.1) is 29.6 Å². The van der Waals surface area contributed by atoms with Crippen molar-refractivity contribution >= 4 is 41.2 Å². The summed E-state index contributed by atoms with van der Waals surface area (Å²) in [6, 6.07) is 5.01. The van der Waals surface area contributed by atoms with Crippen molar-refractivity contribution in [3.05, 3.63) is 29.8 Å². The highest BCUT2D eigenvalue weighted by atomic mass is 16.6. The second-order valence-electron chi connectivity index (χ2n) is 19.1. The molecule has 0 saturated carbocycles. The Hall–Kier alpha value is -4.08. The predicted molar refractivity (Wildman–Crippen MR) is 242 cm³/mol. The number of hydrogen-bond donors (Lipinski definition) is 3. The van der Waals surface area contributed by atoms with E-state index in [1.807, 2.05) is 60.5 Å². The Labute approximate surface area is 372 Å². The van der Waals surface area contributed by atoms with Gasteiger partial charge in [-0.2, -0.15) is 0 Å². The Morgan fingerprint density at radius 1 is 0.855 bits per heavy atom. The number of likely N-dealkylation sites (tertiary alicyclic amines) is 1. The van der Waals surface area contributed by atoms with Gasteiger partial charge in [0, 0.05) is 58.3 Å². The van der Waals surface area contributed by atoms with Crippen LogP contribution in [-0.2, 0) is 44.7 Å². The average molecular weight is 873 g/mol. The predicted octanol–water partition coefficient (Wildman–Crippen LogP) is 5.89. The molecular weight excluding hydrogens is 793 g/mol. The molecule has 1 aromatic carbocycles. The molecule has 0 aliphatic carbocycles. The molecule has 0 radical (unpaired) electrons. The quantitative estimate of drug-likeness (QED) is 0.120. The van der Waals surface area contributed by atoms with Crippen LogP contribution in [0.3, 0.4) is 0 Å². The number of ketones is 1. The molecule has 1 saturated heterocycles. The average Bonchev–Trinajstić information content (AvgIpc) is 3.67. The number of ether oxygens (including phenoxy) is 3. The van der Waals surface area contributed by atoms with Gasteiger partial charge in [-0.1, -0.05) is 73.9 Å². The number of Topliss-reactive ketones (excluding diaryl/α,β-unsaturated/α-hetero) is 1. The van der Waals surface area contributed by atoms with E-state index in [2.05, 4.69) is 16.0 Å². The van der Waals surface area contributed by atoms with Crippen molar-refractivity contribution in [2.45, 2.75) is 157 Å². The van der Waals surface area contributed by atoms with Gasteiger partial charge in [-0.3, -0.25) is 34.2 Å². The van der Waals surface area contributed by atoms with Gasteiger partial charge in [-0.05, 0) is 83.2 Å². The van der Waals surface area contributed by atoms with E-state index in [0.717, 1.165) is 18.4 Å². The number of hydrogen-bond acceptors (Lipinski definition) is 10. The third-order valence-electron chi connectivity index (χ3n) is 12.1. The lowest BCUT2D eigenvalue weighted by atomic mass is 9.87. The number of nitrogens with one attached hydrogen (secondary N) is 3. The number of methoxy groups -OCH3 is 2. The van der Waals surface area contributed by atoms with Gasteiger partial charge in [-0.15, -0.1) is 0 Å². The minimum absolute atomic E-state index is 0.0000673. The van der Waals surface area contributed by atoms with Crippen LogP contribution in [0.5, 0.6) is 0 Å². The van der Waals surface area contributed by atoms with Gasteiger partial charge in [0.05, 0.1) is 36.8 Å². The van der Waals surface area contributed by atoms with Crippen LogP contribution < -0.4 is 16.0 Å². The van der Waals surface area contributed by atoms with Crippen LogP contribution in [0.1, 0.15) is 114 Å². The standard InChI is InChI=1S/C47H80N6O9/c1-17-30(6)41(52(14)45(58)39(28(2)3)50-44(57)40(29(4)5)51(12)13)37(60-15)26-38(55)53-24-18-19-35(53)42(61-16)32(8)36(54)25-31(7)43(56)48-27-33-20-22-34(23-21-33)49-46(59)62-47(9,10)11/h20-23,28-32,35,37,39-42H,17-19,24-27H2,1-16H3,(H,48,56)(H,49,59)(H,50,57)/t30-,31+,32-,35-,37+,39-,40-,41-,42+/m0/s1. The number of amides is 5. The Kier molecular flexibility index (Phi) is 21.5. The molecular formula is C47H80N6O9. The summed E-state index contributed by atoms with van der Waals surface area (Å²) in [5, 5.41) is 8.62. The first-order valence-corrected chi connectivity index (χ1v) is 22.4. The molecule has 15 nitrogen and oxygen atoms in total. The van der Waals surface area contributed by atoms with E-state index in [0.29, 0.717) is 18.7 Å². The highest BCUT2D eigenvalue weighted by Crippen LogP contribution is 2.30. The molecule has 352 valence electrons. The second kappa shape index (κ2) is 24.7. The van der Waals surface area contributed by atoms with E-state index in [1.54, 1.807) is 90.0 Å². The molecule has 62 heavy (non-hydrogen) atoms. The van der Waals surface area contributed by atoms with Crippen molar-refractivity contribution in [2.75, 3.05) is 47.2 Å². The Balaban J connectivity index is 2.13. The van der Waals surface area contributed by atoms with E-state index >= 15 is 0 Å². The highest BCUT2D eigenvalue weighted by Gasteiger charge is 2.43. The van der Waals surface area contributed by atoms with E-state index in [4.69, 9.17) is 14.2 Å². The maximum atomic E-state index is 14.3. The Morgan fingerprint density at radius 2 is 1.47 bits per heavy atom. The van der Waals surface area contributed by atoms with Crippen LogP contribution in [0.4, 0.5) is 10.5 Å². The fraction of sp³-hybridized carbons (Fsp3) is 0.745. The lowest BCUT2D eigenvalue weighted by molar-refractivity contribution is -0.148. The van der Waals surface area contributed by atoms with Crippen LogP contribution in [0.15, 0.2) is 24.3 Å².